The van der Waals surface area contributed by atoms with Crippen LogP contribution >= 0.6 is 0 Å². The molecule has 0 saturated heterocycles. The summed E-state index contributed by atoms with van der Waals surface area (Å²) in [5.74, 6) is 1.13. The van der Waals surface area contributed by atoms with Crippen molar-refractivity contribution >= 4 is 5.82 Å². The van der Waals surface area contributed by atoms with Crippen LogP contribution in [0.15, 0.2) is 6.20 Å². The average Bonchev–Trinajstić information content (AvgIpc) is 2.26. The molecule has 0 aliphatic carbocycles. The maximum absolute atomic E-state index is 4.55. The lowest BCUT2D eigenvalue weighted by molar-refractivity contribution is 0.927. The van der Waals surface area contributed by atoms with E-state index in [1.165, 1.54) is 16.7 Å². The van der Waals surface area contributed by atoms with Gasteiger partial charge in [-0.15, -0.1) is 0 Å². The molecule has 0 aromatic carbocycles. The molecule has 0 unspecified atom stereocenters. The average molecular weight is 206 g/mol. The molecular formula is C13H22N2. The highest BCUT2D eigenvalue weighted by Crippen LogP contribution is 2.24. The van der Waals surface area contributed by atoms with Crippen LogP contribution in [0.25, 0.3) is 0 Å². The lowest BCUT2D eigenvalue weighted by Crippen LogP contribution is -2.15. The number of rotatable bonds is 4. The summed E-state index contributed by atoms with van der Waals surface area (Å²) in [6, 6.07) is 0. The minimum Gasteiger partial charge on any atom is -0.363 e. The predicted octanol–water partition coefficient (Wildman–Crippen LogP) is 2.83. The number of pyridine rings is 1. The highest BCUT2D eigenvalue weighted by molar-refractivity contribution is 5.52. The second-order valence-corrected chi connectivity index (χ2v) is 4.02. The van der Waals surface area contributed by atoms with Crippen molar-refractivity contribution in [3.8, 4) is 0 Å². The topological polar surface area (TPSA) is 16.1 Å². The van der Waals surface area contributed by atoms with E-state index in [0.29, 0.717) is 0 Å². The van der Waals surface area contributed by atoms with Crippen molar-refractivity contribution < 1.29 is 0 Å². The molecule has 0 radical (unpaired) electrons. The summed E-state index contributed by atoms with van der Waals surface area (Å²) >= 11 is 0. The molecular weight excluding hydrogens is 184 g/mol. The van der Waals surface area contributed by atoms with Crippen molar-refractivity contribution in [2.24, 2.45) is 0 Å². The Labute approximate surface area is 93.3 Å². The van der Waals surface area contributed by atoms with E-state index in [1.807, 2.05) is 6.20 Å². The fourth-order valence-electron chi connectivity index (χ4n) is 2.13. The molecule has 2 nitrogen and oxygen atoms in total. The number of nitrogens with zero attached hydrogens (tertiary/aromatic N) is 2. The van der Waals surface area contributed by atoms with Gasteiger partial charge in [0.1, 0.15) is 5.82 Å². The molecule has 0 amide bonds. The van der Waals surface area contributed by atoms with Crippen molar-refractivity contribution in [2.45, 2.75) is 40.0 Å². The van der Waals surface area contributed by atoms with Gasteiger partial charge in [-0.2, -0.15) is 0 Å². The Hall–Kier alpha value is -1.05. The molecule has 84 valence electrons. The van der Waals surface area contributed by atoms with Crippen LogP contribution < -0.4 is 4.90 Å². The Kier molecular flexibility index (Phi) is 4.13. The van der Waals surface area contributed by atoms with Crippen LogP contribution in [0.4, 0.5) is 5.82 Å². The molecule has 1 rings (SSSR count). The van der Waals surface area contributed by atoms with Gasteiger partial charge in [0.25, 0.3) is 0 Å². The molecule has 0 spiro atoms. The number of anilines is 1. The molecule has 0 N–H and O–H groups in total. The van der Waals surface area contributed by atoms with Crippen LogP contribution in [0.1, 0.15) is 37.5 Å². The van der Waals surface area contributed by atoms with Crippen molar-refractivity contribution in [1.29, 1.82) is 0 Å². The first-order valence-electron chi connectivity index (χ1n) is 5.82. The van der Waals surface area contributed by atoms with E-state index in [0.717, 1.165) is 25.1 Å². The summed E-state index contributed by atoms with van der Waals surface area (Å²) < 4.78 is 0. The molecule has 0 saturated carbocycles. The molecule has 0 atom stereocenters. The second kappa shape index (κ2) is 5.15. The Morgan fingerprint density at radius 3 is 2.00 bits per heavy atom. The lowest BCUT2D eigenvalue weighted by Gasteiger charge is -2.20. The molecule has 1 aromatic heterocycles. The molecule has 2 heteroatoms. The van der Waals surface area contributed by atoms with Crippen molar-refractivity contribution in [1.82, 2.24) is 4.98 Å². The number of hydrogen-bond donors (Lipinski definition) is 0. The molecule has 15 heavy (non-hydrogen) atoms. The third-order valence-corrected chi connectivity index (χ3v) is 2.88. The Bertz CT molecular complexity index is 330. The monoisotopic (exact) mass is 206 g/mol. The van der Waals surface area contributed by atoms with Crippen molar-refractivity contribution in [2.75, 3.05) is 19.0 Å². The summed E-state index contributed by atoms with van der Waals surface area (Å²) in [7, 11) is 4.12. The fraction of sp³-hybridized carbons (Fsp3) is 0.615. The van der Waals surface area contributed by atoms with Gasteiger partial charge in [0.15, 0.2) is 0 Å². The van der Waals surface area contributed by atoms with Crippen LogP contribution in [-0.4, -0.2) is 19.1 Å². The third-order valence-electron chi connectivity index (χ3n) is 2.88. The van der Waals surface area contributed by atoms with E-state index in [9.17, 15) is 0 Å². The number of aromatic nitrogens is 1. The number of hydrogen-bond acceptors (Lipinski definition) is 2. The first-order chi connectivity index (χ1) is 7.15. The summed E-state index contributed by atoms with van der Waals surface area (Å²) in [6.45, 7) is 6.64. The number of aryl methyl sites for hydroxylation is 1. The summed E-state index contributed by atoms with van der Waals surface area (Å²) in [5.41, 5.74) is 4.32. The van der Waals surface area contributed by atoms with E-state index >= 15 is 0 Å². The minimum absolute atomic E-state index is 1.07. The normalized spacial score (nSPS) is 10.5. The van der Waals surface area contributed by atoms with Crippen molar-refractivity contribution in [3.63, 3.8) is 0 Å². The van der Waals surface area contributed by atoms with Gasteiger partial charge < -0.3 is 4.90 Å². The van der Waals surface area contributed by atoms with Crippen LogP contribution in [0, 0.1) is 0 Å². The zero-order valence-electron chi connectivity index (χ0n) is 10.6. The highest BCUT2D eigenvalue weighted by atomic mass is 15.1. The quantitative estimate of drug-likeness (QED) is 0.753. The Balaban J connectivity index is 3.34. The molecule has 0 aliphatic heterocycles. The van der Waals surface area contributed by atoms with E-state index in [-0.39, 0.29) is 0 Å². The molecule has 1 aromatic rings. The van der Waals surface area contributed by atoms with Crippen LogP contribution in [0.3, 0.4) is 0 Å². The zero-order chi connectivity index (χ0) is 11.4. The highest BCUT2D eigenvalue weighted by Gasteiger charge is 2.12. The largest absolute Gasteiger partial charge is 0.363 e. The van der Waals surface area contributed by atoms with Gasteiger partial charge in [-0.3, -0.25) is 0 Å². The zero-order valence-corrected chi connectivity index (χ0v) is 10.6. The predicted molar refractivity (Wildman–Crippen MR) is 66.7 cm³/mol. The molecule has 1 heterocycles. The van der Waals surface area contributed by atoms with E-state index < -0.39 is 0 Å². The Morgan fingerprint density at radius 1 is 1.00 bits per heavy atom. The van der Waals surface area contributed by atoms with Crippen LogP contribution in [0.5, 0.6) is 0 Å². The van der Waals surface area contributed by atoms with Gasteiger partial charge in [0, 0.05) is 20.3 Å². The van der Waals surface area contributed by atoms with E-state index in [2.05, 4.69) is 44.8 Å². The van der Waals surface area contributed by atoms with Crippen molar-refractivity contribution in [3.05, 3.63) is 22.9 Å². The van der Waals surface area contributed by atoms with Crippen LogP contribution in [-0.2, 0) is 19.3 Å². The van der Waals surface area contributed by atoms with E-state index in [4.69, 9.17) is 0 Å². The van der Waals surface area contributed by atoms with Gasteiger partial charge in [-0.05, 0) is 36.0 Å². The maximum atomic E-state index is 4.55. The first kappa shape index (κ1) is 12.0. The van der Waals surface area contributed by atoms with Crippen LogP contribution in [0.2, 0.25) is 0 Å². The first-order valence-corrected chi connectivity index (χ1v) is 5.82. The van der Waals surface area contributed by atoms with Gasteiger partial charge >= 0.3 is 0 Å². The van der Waals surface area contributed by atoms with Gasteiger partial charge in [0.05, 0.1) is 0 Å². The Morgan fingerprint density at radius 2 is 1.60 bits per heavy atom. The fourth-order valence-corrected chi connectivity index (χ4v) is 2.13. The molecule has 0 bridgehead atoms. The summed E-state index contributed by atoms with van der Waals surface area (Å²) in [6.07, 6.45) is 5.29. The SMILES string of the molecule is CCc1cnc(N(C)C)c(CC)c1CC. The minimum atomic E-state index is 1.07. The lowest BCUT2D eigenvalue weighted by atomic mass is 9.97. The smallest absolute Gasteiger partial charge is 0.131 e. The maximum Gasteiger partial charge on any atom is 0.131 e. The molecule has 0 aliphatic rings. The van der Waals surface area contributed by atoms with E-state index in [1.54, 1.807) is 0 Å². The standard InChI is InChI=1S/C13H22N2/c1-6-10-9-14-13(15(4)5)12(8-3)11(10)7-2/h9H,6-8H2,1-5H3. The third kappa shape index (κ3) is 2.31. The second-order valence-electron chi connectivity index (χ2n) is 4.02. The molecule has 0 fully saturated rings. The van der Waals surface area contributed by atoms with Gasteiger partial charge in [-0.1, -0.05) is 20.8 Å². The summed E-state index contributed by atoms with van der Waals surface area (Å²) in [5, 5.41) is 0. The van der Waals surface area contributed by atoms with Gasteiger partial charge in [0.2, 0.25) is 0 Å². The van der Waals surface area contributed by atoms with Gasteiger partial charge in [-0.25, -0.2) is 4.98 Å². The summed E-state index contributed by atoms with van der Waals surface area (Å²) in [4.78, 5) is 6.66.